The Hall–Kier alpha value is -0.410. The summed E-state index contributed by atoms with van der Waals surface area (Å²) in [4.78, 5) is 11.9. The first kappa shape index (κ1) is 11.7. The van der Waals surface area contributed by atoms with Crippen LogP contribution in [0.4, 0.5) is 0 Å². The van der Waals surface area contributed by atoms with Crippen LogP contribution >= 0.6 is 0 Å². The molecule has 1 heterocycles. The minimum Gasteiger partial charge on any atom is -0.381 e. The highest BCUT2D eigenvalue weighted by atomic mass is 16.5. The second-order valence-corrected chi connectivity index (χ2v) is 4.12. The first-order valence-corrected chi connectivity index (χ1v) is 5.57. The van der Waals surface area contributed by atoms with Gasteiger partial charge in [-0.2, -0.15) is 0 Å². The van der Waals surface area contributed by atoms with Gasteiger partial charge in [0.25, 0.3) is 0 Å². The van der Waals surface area contributed by atoms with Crippen LogP contribution in [0.3, 0.4) is 0 Å². The normalized spacial score (nSPS) is 20.7. The Morgan fingerprint density at radius 1 is 1.50 bits per heavy atom. The van der Waals surface area contributed by atoms with Crippen molar-refractivity contribution < 1.29 is 9.53 Å². The molecule has 0 aromatic rings. The molecule has 0 aromatic carbocycles. The quantitative estimate of drug-likeness (QED) is 0.727. The molecule has 14 heavy (non-hydrogen) atoms. The lowest BCUT2D eigenvalue weighted by Crippen LogP contribution is -2.28. The summed E-state index contributed by atoms with van der Waals surface area (Å²) >= 11 is 0. The van der Waals surface area contributed by atoms with Gasteiger partial charge in [0, 0.05) is 25.0 Å². The van der Waals surface area contributed by atoms with Gasteiger partial charge in [-0.15, -0.1) is 0 Å². The van der Waals surface area contributed by atoms with Gasteiger partial charge in [-0.3, -0.25) is 4.79 Å². The monoisotopic (exact) mass is 199 g/mol. The zero-order chi connectivity index (χ0) is 10.4. The molecule has 1 atom stereocenters. The Labute approximate surface area is 86.0 Å². The fourth-order valence-electron chi connectivity index (χ4n) is 1.95. The summed E-state index contributed by atoms with van der Waals surface area (Å²) in [5.74, 6) is 0.847. The van der Waals surface area contributed by atoms with Gasteiger partial charge in [0.05, 0.1) is 0 Å². The van der Waals surface area contributed by atoms with Crippen LogP contribution in [0.2, 0.25) is 0 Å². The van der Waals surface area contributed by atoms with Crippen molar-refractivity contribution in [1.82, 2.24) is 0 Å². The molecular weight excluding hydrogens is 178 g/mol. The fraction of sp³-hybridized carbons (Fsp3) is 0.909. The van der Waals surface area contributed by atoms with Crippen molar-refractivity contribution in [3.63, 3.8) is 0 Å². The molecule has 1 aliphatic rings. The van der Waals surface area contributed by atoms with E-state index in [1.54, 1.807) is 0 Å². The van der Waals surface area contributed by atoms with Crippen LogP contribution in [0.5, 0.6) is 0 Å². The summed E-state index contributed by atoms with van der Waals surface area (Å²) in [6.45, 7) is 4.21. The zero-order valence-electron chi connectivity index (χ0n) is 9.00. The molecule has 82 valence electrons. The van der Waals surface area contributed by atoms with Crippen molar-refractivity contribution in [2.75, 3.05) is 19.8 Å². The van der Waals surface area contributed by atoms with Crippen molar-refractivity contribution >= 4 is 5.78 Å². The average molecular weight is 199 g/mol. The summed E-state index contributed by atoms with van der Waals surface area (Å²) in [5.41, 5.74) is 5.42. The number of rotatable bonds is 5. The maximum atomic E-state index is 11.9. The smallest absolute Gasteiger partial charge is 0.138 e. The minimum absolute atomic E-state index is 0.182. The standard InChI is InChI=1S/C11H21NO2/c1-9(3-2-6-12)11(13)10-4-7-14-8-5-10/h9-10H,2-8,12H2,1H3. The molecule has 0 radical (unpaired) electrons. The molecule has 1 unspecified atom stereocenters. The second-order valence-electron chi connectivity index (χ2n) is 4.12. The van der Waals surface area contributed by atoms with E-state index in [-0.39, 0.29) is 11.8 Å². The van der Waals surface area contributed by atoms with Crippen molar-refractivity contribution in [2.24, 2.45) is 17.6 Å². The van der Waals surface area contributed by atoms with Crippen LogP contribution in [0, 0.1) is 11.8 Å². The Morgan fingerprint density at radius 2 is 2.14 bits per heavy atom. The van der Waals surface area contributed by atoms with Crippen LogP contribution in [0.15, 0.2) is 0 Å². The molecule has 1 rings (SSSR count). The van der Waals surface area contributed by atoms with Crippen molar-refractivity contribution in [3.05, 3.63) is 0 Å². The van der Waals surface area contributed by atoms with Gasteiger partial charge in [-0.05, 0) is 32.2 Å². The number of hydrogen-bond donors (Lipinski definition) is 1. The predicted molar refractivity (Wildman–Crippen MR) is 56.0 cm³/mol. The molecule has 0 aliphatic carbocycles. The molecule has 0 saturated carbocycles. The van der Waals surface area contributed by atoms with E-state index in [0.717, 1.165) is 38.9 Å². The van der Waals surface area contributed by atoms with Gasteiger partial charge in [0.15, 0.2) is 0 Å². The summed E-state index contributed by atoms with van der Waals surface area (Å²) in [7, 11) is 0. The van der Waals surface area contributed by atoms with Gasteiger partial charge in [0.1, 0.15) is 5.78 Å². The number of ether oxygens (including phenoxy) is 1. The number of carbonyl (C=O) groups excluding carboxylic acids is 1. The maximum Gasteiger partial charge on any atom is 0.138 e. The summed E-state index contributed by atoms with van der Waals surface area (Å²) in [5, 5.41) is 0. The topological polar surface area (TPSA) is 52.3 Å². The van der Waals surface area contributed by atoms with Crippen LogP contribution in [-0.2, 0) is 9.53 Å². The summed E-state index contributed by atoms with van der Waals surface area (Å²) < 4.78 is 5.24. The van der Waals surface area contributed by atoms with Crippen molar-refractivity contribution in [3.8, 4) is 0 Å². The van der Waals surface area contributed by atoms with Gasteiger partial charge in [-0.25, -0.2) is 0 Å². The maximum absolute atomic E-state index is 11.9. The molecular formula is C11H21NO2. The van der Waals surface area contributed by atoms with Crippen molar-refractivity contribution in [1.29, 1.82) is 0 Å². The summed E-state index contributed by atoms with van der Waals surface area (Å²) in [6, 6.07) is 0. The third-order valence-electron chi connectivity index (χ3n) is 2.95. The number of carbonyl (C=O) groups is 1. The Bertz CT molecular complexity index is 176. The average Bonchev–Trinajstić information content (AvgIpc) is 2.26. The Balaban J connectivity index is 2.30. The number of ketones is 1. The van der Waals surface area contributed by atoms with Crippen LogP contribution in [0.1, 0.15) is 32.6 Å². The lowest BCUT2D eigenvalue weighted by molar-refractivity contribution is -0.129. The van der Waals surface area contributed by atoms with Gasteiger partial charge in [-0.1, -0.05) is 6.92 Å². The molecule has 2 N–H and O–H groups in total. The van der Waals surface area contributed by atoms with E-state index in [9.17, 15) is 4.79 Å². The molecule has 3 nitrogen and oxygen atoms in total. The predicted octanol–water partition coefficient (Wildman–Crippen LogP) is 1.36. The molecule has 1 aliphatic heterocycles. The number of Topliss-reactive ketones (excluding diaryl/α,β-unsaturated/α-hetero) is 1. The number of hydrogen-bond acceptors (Lipinski definition) is 3. The lowest BCUT2D eigenvalue weighted by Gasteiger charge is -2.23. The third kappa shape index (κ3) is 3.39. The highest BCUT2D eigenvalue weighted by Crippen LogP contribution is 2.21. The molecule has 3 heteroatoms. The van der Waals surface area contributed by atoms with Gasteiger partial charge < -0.3 is 10.5 Å². The molecule has 1 fully saturated rings. The first-order valence-electron chi connectivity index (χ1n) is 5.57. The molecule has 0 amide bonds. The highest BCUT2D eigenvalue weighted by molar-refractivity contribution is 5.83. The SMILES string of the molecule is CC(CCCN)C(=O)C1CCOCC1. The molecule has 0 bridgehead atoms. The van der Waals surface area contributed by atoms with E-state index in [0.29, 0.717) is 12.3 Å². The number of nitrogens with two attached hydrogens (primary N) is 1. The van der Waals surface area contributed by atoms with E-state index >= 15 is 0 Å². The van der Waals surface area contributed by atoms with Gasteiger partial charge >= 0.3 is 0 Å². The lowest BCUT2D eigenvalue weighted by atomic mass is 9.86. The minimum atomic E-state index is 0.182. The van der Waals surface area contributed by atoms with E-state index in [2.05, 4.69) is 0 Å². The molecule has 0 aromatic heterocycles. The third-order valence-corrected chi connectivity index (χ3v) is 2.95. The Kier molecular flexibility index (Phi) is 5.12. The largest absolute Gasteiger partial charge is 0.381 e. The zero-order valence-corrected chi connectivity index (χ0v) is 9.00. The van der Waals surface area contributed by atoms with Crippen LogP contribution in [-0.4, -0.2) is 25.5 Å². The van der Waals surface area contributed by atoms with Crippen LogP contribution in [0.25, 0.3) is 0 Å². The Morgan fingerprint density at radius 3 is 2.71 bits per heavy atom. The molecule has 1 saturated heterocycles. The second kappa shape index (κ2) is 6.14. The van der Waals surface area contributed by atoms with E-state index in [1.807, 2.05) is 6.92 Å². The van der Waals surface area contributed by atoms with Crippen molar-refractivity contribution in [2.45, 2.75) is 32.6 Å². The molecule has 0 spiro atoms. The van der Waals surface area contributed by atoms with E-state index in [4.69, 9.17) is 10.5 Å². The van der Waals surface area contributed by atoms with Gasteiger partial charge in [0.2, 0.25) is 0 Å². The first-order chi connectivity index (χ1) is 6.75. The summed E-state index contributed by atoms with van der Waals surface area (Å²) in [6.07, 6.45) is 3.71. The van der Waals surface area contributed by atoms with E-state index < -0.39 is 0 Å². The fourth-order valence-corrected chi connectivity index (χ4v) is 1.95. The van der Waals surface area contributed by atoms with E-state index in [1.165, 1.54) is 0 Å². The van der Waals surface area contributed by atoms with Crippen LogP contribution < -0.4 is 5.73 Å². The highest BCUT2D eigenvalue weighted by Gasteiger charge is 2.25.